The van der Waals surface area contributed by atoms with Crippen LogP contribution in [0.4, 0.5) is 0 Å². The normalized spacial score (nSPS) is 21.0. The van der Waals surface area contributed by atoms with Crippen LogP contribution in [0.5, 0.6) is 11.5 Å². The van der Waals surface area contributed by atoms with Gasteiger partial charge in [-0.05, 0) is 55.3 Å². The van der Waals surface area contributed by atoms with Gasteiger partial charge in [0.25, 0.3) is 0 Å². The van der Waals surface area contributed by atoms with Gasteiger partial charge in [0, 0.05) is 11.8 Å². The molecule has 192 valence electrons. The summed E-state index contributed by atoms with van der Waals surface area (Å²) in [6.07, 6.45) is 3.58. The van der Waals surface area contributed by atoms with Gasteiger partial charge in [-0.25, -0.2) is 8.42 Å². The van der Waals surface area contributed by atoms with E-state index >= 15 is 0 Å². The Morgan fingerprint density at radius 1 is 1.09 bits per heavy atom. The lowest BCUT2D eigenvalue weighted by Gasteiger charge is -2.42. The number of thioether (sulfide) groups is 1. The molecule has 3 atom stereocenters. The molecule has 2 aromatic rings. The van der Waals surface area contributed by atoms with Gasteiger partial charge in [0.2, 0.25) is 10.0 Å². The minimum Gasteiger partial charge on any atom is -0.493 e. The molecule has 1 N–H and O–H groups in total. The largest absolute Gasteiger partial charge is 0.493 e. The van der Waals surface area contributed by atoms with Crippen molar-refractivity contribution in [3.63, 3.8) is 0 Å². The Morgan fingerprint density at radius 2 is 1.77 bits per heavy atom. The summed E-state index contributed by atoms with van der Waals surface area (Å²) < 4.78 is 39.8. The van der Waals surface area contributed by atoms with Gasteiger partial charge >= 0.3 is 5.97 Å². The third-order valence-corrected chi connectivity index (χ3v) is 9.81. The first-order valence-corrected chi connectivity index (χ1v) is 14.4. The molecule has 0 unspecified atom stereocenters. The van der Waals surface area contributed by atoms with Crippen LogP contribution >= 0.6 is 11.8 Å². The third-order valence-electron chi connectivity index (χ3n) is 6.45. The van der Waals surface area contributed by atoms with E-state index in [0.717, 1.165) is 36.1 Å². The van der Waals surface area contributed by atoms with Crippen LogP contribution in [-0.2, 0) is 14.8 Å². The SMILES string of the molecule is CCCCCS[C@@H]1C[C@@H](c2ccc(OC)c(OC)c2)N(S(=O)(=O)c2ccc(C)cc2)C[C@H]1C(=O)O. The maximum absolute atomic E-state index is 13.8. The minimum atomic E-state index is -3.94. The fraction of sp³-hybridized carbons (Fsp3) is 0.500. The van der Waals surface area contributed by atoms with Crippen LogP contribution in [0.3, 0.4) is 0 Å². The molecule has 1 fully saturated rings. The number of unbranched alkanes of at least 4 members (excludes halogenated alkanes) is 2. The number of ether oxygens (including phenoxy) is 2. The Labute approximate surface area is 212 Å². The second-order valence-electron chi connectivity index (χ2n) is 8.81. The number of hydrogen-bond acceptors (Lipinski definition) is 6. The number of benzene rings is 2. The van der Waals surface area contributed by atoms with Gasteiger partial charge in [-0.15, -0.1) is 0 Å². The second kappa shape index (κ2) is 12.1. The summed E-state index contributed by atoms with van der Waals surface area (Å²) >= 11 is 1.64. The first-order valence-electron chi connectivity index (χ1n) is 11.9. The molecule has 1 saturated heterocycles. The summed E-state index contributed by atoms with van der Waals surface area (Å²) in [5.41, 5.74) is 1.70. The lowest BCUT2D eigenvalue weighted by molar-refractivity contribution is -0.143. The zero-order valence-electron chi connectivity index (χ0n) is 20.8. The molecule has 9 heteroatoms. The van der Waals surface area contributed by atoms with E-state index in [0.29, 0.717) is 17.9 Å². The smallest absolute Gasteiger partial charge is 0.308 e. The van der Waals surface area contributed by atoms with E-state index in [9.17, 15) is 18.3 Å². The van der Waals surface area contributed by atoms with E-state index in [4.69, 9.17) is 9.47 Å². The predicted octanol–water partition coefficient (Wildman–Crippen LogP) is 5.14. The van der Waals surface area contributed by atoms with Gasteiger partial charge in [0.15, 0.2) is 11.5 Å². The fourth-order valence-corrected chi connectivity index (χ4v) is 7.50. The molecule has 7 nitrogen and oxygen atoms in total. The highest BCUT2D eigenvalue weighted by molar-refractivity contribution is 7.99. The first kappa shape index (κ1) is 27.4. The van der Waals surface area contributed by atoms with Crippen LogP contribution in [0.15, 0.2) is 47.4 Å². The zero-order chi connectivity index (χ0) is 25.6. The van der Waals surface area contributed by atoms with E-state index in [1.165, 1.54) is 11.4 Å². The van der Waals surface area contributed by atoms with Crippen LogP contribution in [0.25, 0.3) is 0 Å². The lowest BCUT2D eigenvalue weighted by Crippen LogP contribution is -2.49. The summed E-state index contributed by atoms with van der Waals surface area (Å²) in [5.74, 6) is 0.149. The molecule has 1 aliphatic heterocycles. The van der Waals surface area contributed by atoms with Crippen molar-refractivity contribution >= 4 is 27.8 Å². The average Bonchev–Trinajstić information content (AvgIpc) is 2.85. The number of nitrogens with zero attached hydrogens (tertiary/aromatic N) is 1. The molecule has 35 heavy (non-hydrogen) atoms. The first-order chi connectivity index (χ1) is 16.7. The molecule has 0 spiro atoms. The highest BCUT2D eigenvalue weighted by atomic mass is 32.2. The van der Waals surface area contributed by atoms with Gasteiger partial charge in [-0.2, -0.15) is 16.1 Å². The molecular weight excluding hydrogens is 486 g/mol. The van der Waals surface area contributed by atoms with E-state index in [-0.39, 0.29) is 16.7 Å². The number of hydrogen-bond donors (Lipinski definition) is 1. The molecular formula is C26H35NO6S2. The zero-order valence-corrected chi connectivity index (χ0v) is 22.4. The standard InChI is InChI=1S/C26H35NO6S2/c1-5-6-7-14-34-25-16-22(19-10-13-23(32-3)24(15-19)33-4)27(17-21(25)26(28)29)35(30,31)20-11-8-18(2)9-12-20/h8-13,15,21-22,25H,5-7,14,16-17H2,1-4H3,(H,28,29)/t21-,22+,25-/m1/s1. The summed E-state index contributed by atoms with van der Waals surface area (Å²) in [4.78, 5) is 12.4. The molecule has 1 heterocycles. The molecule has 2 aromatic carbocycles. The summed E-state index contributed by atoms with van der Waals surface area (Å²) in [6.45, 7) is 3.94. The fourth-order valence-electron chi connectivity index (χ4n) is 4.42. The Balaban J connectivity index is 2.04. The average molecular weight is 522 g/mol. The predicted molar refractivity (Wildman–Crippen MR) is 139 cm³/mol. The van der Waals surface area contributed by atoms with Crippen molar-refractivity contribution in [1.82, 2.24) is 4.31 Å². The lowest BCUT2D eigenvalue weighted by atomic mass is 9.90. The minimum absolute atomic E-state index is 0.0873. The molecule has 0 saturated carbocycles. The van der Waals surface area contributed by atoms with Crippen molar-refractivity contribution in [3.8, 4) is 11.5 Å². The molecule has 0 radical (unpaired) electrons. The van der Waals surface area contributed by atoms with Gasteiger partial charge in [0.1, 0.15) is 0 Å². The number of carboxylic acid groups (broad SMARTS) is 1. The summed E-state index contributed by atoms with van der Waals surface area (Å²) in [5, 5.41) is 9.84. The van der Waals surface area contributed by atoms with Gasteiger partial charge in [0.05, 0.1) is 31.1 Å². The number of aliphatic carboxylic acids is 1. The van der Waals surface area contributed by atoms with Crippen LogP contribution in [-0.4, -0.2) is 55.6 Å². The summed E-state index contributed by atoms with van der Waals surface area (Å²) in [6, 6.07) is 11.5. The quantitative estimate of drug-likeness (QED) is 0.409. The maximum Gasteiger partial charge on any atom is 0.308 e. The van der Waals surface area contributed by atoms with E-state index < -0.39 is 28.0 Å². The highest BCUT2D eigenvalue weighted by Gasteiger charge is 2.45. The van der Waals surface area contributed by atoms with E-state index in [2.05, 4.69) is 6.92 Å². The van der Waals surface area contributed by atoms with Crippen molar-refractivity contribution < 1.29 is 27.8 Å². The number of aryl methyl sites for hydroxylation is 1. The maximum atomic E-state index is 13.8. The highest BCUT2D eigenvalue weighted by Crippen LogP contribution is 2.44. The molecule has 0 amide bonds. The van der Waals surface area contributed by atoms with Gasteiger partial charge in [-0.3, -0.25) is 4.79 Å². The molecule has 0 aromatic heterocycles. The Hall–Kier alpha value is -2.23. The van der Waals surface area contributed by atoms with E-state index in [1.807, 2.05) is 13.0 Å². The molecule has 0 aliphatic carbocycles. The van der Waals surface area contributed by atoms with Crippen molar-refractivity contribution in [2.24, 2.45) is 5.92 Å². The van der Waals surface area contributed by atoms with Crippen LogP contribution in [0.1, 0.15) is 49.8 Å². The van der Waals surface area contributed by atoms with Crippen LogP contribution in [0.2, 0.25) is 0 Å². The van der Waals surface area contributed by atoms with Crippen molar-refractivity contribution in [1.29, 1.82) is 0 Å². The van der Waals surface area contributed by atoms with Crippen molar-refractivity contribution in [2.75, 3.05) is 26.5 Å². The number of piperidine rings is 1. The molecule has 0 bridgehead atoms. The Bertz CT molecular complexity index is 1100. The number of sulfonamides is 1. The number of carboxylic acids is 1. The molecule has 3 rings (SSSR count). The Morgan fingerprint density at radius 3 is 2.37 bits per heavy atom. The summed E-state index contributed by atoms with van der Waals surface area (Å²) in [7, 11) is -0.855. The van der Waals surface area contributed by atoms with Gasteiger partial charge in [-0.1, -0.05) is 43.5 Å². The number of methoxy groups -OCH3 is 2. The second-order valence-corrected chi connectivity index (χ2v) is 12.1. The van der Waals surface area contributed by atoms with Gasteiger partial charge < -0.3 is 14.6 Å². The topological polar surface area (TPSA) is 93.1 Å². The monoisotopic (exact) mass is 521 g/mol. The number of rotatable bonds is 11. The van der Waals surface area contributed by atoms with Crippen molar-refractivity contribution in [3.05, 3.63) is 53.6 Å². The van der Waals surface area contributed by atoms with Crippen molar-refractivity contribution in [2.45, 2.75) is 55.7 Å². The van der Waals surface area contributed by atoms with E-state index in [1.54, 1.807) is 55.3 Å². The third kappa shape index (κ3) is 6.32. The Kier molecular flexibility index (Phi) is 9.49. The van der Waals surface area contributed by atoms with Crippen LogP contribution in [0, 0.1) is 12.8 Å². The number of carbonyl (C=O) groups is 1. The van der Waals surface area contributed by atoms with Crippen LogP contribution < -0.4 is 9.47 Å². The molecule has 1 aliphatic rings.